The molecule has 3 rings (SSSR count). The Morgan fingerprint density at radius 3 is 1.37 bits per heavy atom. The molecule has 4 N–H and O–H groups in total. The monoisotopic (exact) mass is 712 g/mol. The second-order valence-electron chi connectivity index (χ2n) is 12.3. The summed E-state index contributed by atoms with van der Waals surface area (Å²) in [4.78, 5) is 0. The average molecular weight is 713 g/mol. The zero-order valence-electron chi connectivity index (χ0n) is 24.2. The summed E-state index contributed by atoms with van der Waals surface area (Å²) in [5, 5.41) is 10.0. The van der Waals surface area contributed by atoms with Crippen LogP contribution in [0.5, 0.6) is 0 Å². The lowest BCUT2D eigenvalue weighted by molar-refractivity contribution is -0.144. The highest BCUT2D eigenvalue weighted by molar-refractivity contribution is 7.80. The maximum absolute atomic E-state index is 13.2. The first-order chi connectivity index (χ1) is 20.7. The van der Waals surface area contributed by atoms with Gasteiger partial charge >= 0.3 is 24.7 Å². The second-order valence-corrected chi connectivity index (χ2v) is 13.1. The van der Waals surface area contributed by atoms with Gasteiger partial charge in [-0.1, -0.05) is 20.8 Å². The molecule has 0 radical (unpaired) electrons. The maximum atomic E-state index is 13.2. The lowest BCUT2D eigenvalue weighted by atomic mass is 9.62. The molecule has 2 atom stereocenters. The second kappa shape index (κ2) is 12.9. The highest BCUT2D eigenvalue weighted by atomic mass is 32.1. The third kappa shape index (κ3) is 10.5. The van der Waals surface area contributed by atoms with E-state index < -0.39 is 69.8 Å². The van der Waals surface area contributed by atoms with E-state index in [1.807, 2.05) is 20.8 Å². The van der Waals surface area contributed by atoms with Crippen LogP contribution in [-0.2, 0) is 24.7 Å². The summed E-state index contributed by atoms with van der Waals surface area (Å²) in [6, 6.07) is 1.53. The minimum absolute atomic E-state index is 0.00862. The minimum atomic E-state index is -5.05. The summed E-state index contributed by atoms with van der Waals surface area (Å²) in [5.41, 5.74) is -8.13. The van der Waals surface area contributed by atoms with Crippen molar-refractivity contribution in [1.82, 2.24) is 10.6 Å². The Morgan fingerprint density at radius 1 is 0.630 bits per heavy atom. The van der Waals surface area contributed by atoms with Crippen molar-refractivity contribution in [2.24, 2.45) is 10.8 Å². The van der Waals surface area contributed by atoms with E-state index in [-0.39, 0.29) is 34.3 Å². The van der Waals surface area contributed by atoms with Crippen LogP contribution >= 0.6 is 24.4 Å². The number of halogens is 12. The van der Waals surface area contributed by atoms with Gasteiger partial charge in [-0.25, -0.2) is 0 Å². The number of benzene rings is 2. The van der Waals surface area contributed by atoms with E-state index in [0.717, 1.165) is 0 Å². The predicted octanol–water partition coefficient (Wildman–Crippen LogP) is 9.62. The van der Waals surface area contributed by atoms with Crippen molar-refractivity contribution < 1.29 is 52.7 Å². The van der Waals surface area contributed by atoms with Crippen LogP contribution in [0.25, 0.3) is 0 Å². The average Bonchev–Trinajstić information content (AvgIpc) is 2.84. The normalized spacial score (nSPS) is 20.5. The number of hydrogen-bond donors (Lipinski definition) is 4. The van der Waals surface area contributed by atoms with Crippen LogP contribution in [-0.4, -0.2) is 22.8 Å². The van der Waals surface area contributed by atoms with Crippen molar-refractivity contribution in [1.29, 1.82) is 0 Å². The van der Waals surface area contributed by atoms with E-state index in [4.69, 9.17) is 24.4 Å². The lowest BCUT2D eigenvalue weighted by Crippen LogP contribution is -2.51. The SMILES string of the molecule is CC1(C)C[C@@H](NC(=S)Nc2cc(C(F)(F)F)cc(C(F)(F)F)c2)C[C@@](C)(CNC(=S)Nc2cc(C(F)(F)F)cc(C(F)(F)F)c2)C1. The summed E-state index contributed by atoms with van der Waals surface area (Å²) in [5.74, 6) is 0. The van der Waals surface area contributed by atoms with Gasteiger partial charge in [-0.3, -0.25) is 0 Å². The van der Waals surface area contributed by atoms with Crippen LogP contribution in [0.15, 0.2) is 36.4 Å². The van der Waals surface area contributed by atoms with Gasteiger partial charge in [0.15, 0.2) is 10.2 Å². The lowest BCUT2D eigenvalue weighted by Gasteiger charge is -2.47. The van der Waals surface area contributed by atoms with Crippen LogP contribution in [0.2, 0.25) is 0 Å². The fraction of sp³-hybridized carbons (Fsp3) is 0.500. The molecule has 2 aromatic rings. The molecule has 1 fully saturated rings. The zero-order chi connectivity index (χ0) is 35.1. The molecule has 0 amide bonds. The maximum Gasteiger partial charge on any atom is 0.416 e. The molecule has 1 saturated carbocycles. The first-order valence-electron chi connectivity index (χ1n) is 13.4. The fourth-order valence-electron chi connectivity index (χ4n) is 5.75. The van der Waals surface area contributed by atoms with E-state index in [0.29, 0.717) is 43.5 Å². The van der Waals surface area contributed by atoms with Gasteiger partial charge in [0.1, 0.15) is 0 Å². The van der Waals surface area contributed by atoms with E-state index in [1.54, 1.807) is 0 Å². The number of thiocarbonyl (C=S) groups is 2. The first kappa shape index (κ1) is 37.4. The standard InChI is InChI=1S/C28H28F12N4S2/c1-23(2)10-20(44-22(46)43-19-8-16(27(35,36)37)5-17(9-19)28(38,39)40)11-24(3,12-23)13-41-21(45)42-18-6-14(25(29,30)31)4-15(7-18)26(32,33)34/h4-9,20H,10-13H2,1-3H3,(H2,41,42,45)(H2,43,44,46)/t20-,24-/m1/s1. The summed E-state index contributed by atoms with van der Waals surface area (Å²) >= 11 is 10.3. The molecule has 0 heterocycles. The number of hydrogen-bond acceptors (Lipinski definition) is 2. The van der Waals surface area contributed by atoms with Gasteiger partial charge in [0.2, 0.25) is 0 Å². The number of nitrogens with one attached hydrogen (secondary N) is 4. The zero-order valence-corrected chi connectivity index (χ0v) is 25.9. The van der Waals surface area contributed by atoms with Crippen LogP contribution < -0.4 is 21.3 Å². The van der Waals surface area contributed by atoms with Gasteiger partial charge in [0.25, 0.3) is 0 Å². The van der Waals surface area contributed by atoms with Crippen molar-refractivity contribution in [3.63, 3.8) is 0 Å². The van der Waals surface area contributed by atoms with Crippen molar-refractivity contribution in [2.75, 3.05) is 17.2 Å². The summed E-state index contributed by atoms with van der Waals surface area (Å²) < 4.78 is 159. The predicted molar refractivity (Wildman–Crippen MR) is 156 cm³/mol. The third-order valence-corrected chi connectivity index (χ3v) is 7.61. The van der Waals surface area contributed by atoms with Crippen molar-refractivity contribution in [2.45, 2.75) is 70.8 Å². The Bertz CT molecular complexity index is 1380. The van der Waals surface area contributed by atoms with Crippen molar-refractivity contribution in [3.8, 4) is 0 Å². The smallest absolute Gasteiger partial charge is 0.362 e. The van der Waals surface area contributed by atoms with Crippen molar-refractivity contribution >= 4 is 46.0 Å². The molecule has 0 bridgehead atoms. The topological polar surface area (TPSA) is 48.1 Å². The molecule has 256 valence electrons. The molecule has 4 nitrogen and oxygen atoms in total. The number of rotatable bonds is 5. The number of alkyl halides is 12. The molecule has 0 unspecified atom stereocenters. The fourth-order valence-corrected chi connectivity index (χ4v) is 6.22. The molecule has 18 heteroatoms. The van der Waals surface area contributed by atoms with Gasteiger partial charge in [-0.05, 0) is 90.9 Å². The van der Waals surface area contributed by atoms with Crippen LogP contribution in [0.1, 0.15) is 62.3 Å². The molecule has 0 saturated heterocycles. The molecule has 1 aliphatic carbocycles. The van der Waals surface area contributed by atoms with E-state index in [2.05, 4.69) is 21.3 Å². The third-order valence-electron chi connectivity index (χ3n) is 7.15. The Hall–Kier alpha value is -3.02. The van der Waals surface area contributed by atoms with Gasteiger partial charge in [-0.15, -0.1) is 0 Å². The van der Waals surface area contributed by atoms with Crippen molar-refractivity contribution in [3.05, 3.63) is 58.7 Å². The van der Waals surface area contributed by atoms with Crippen LogP contribution in [0, 0.1) is 10.8 Å². The van der Waals surface area contributed by atoms with Gasteiger partial charge < -0.3 is 21.3 Å². The summed E-state index contributed by atoms with van der Waals surface area (Å²) in [7, 11) is 0. The molecule has 1 aliphatic rings. The Balaban J connectivity index is 1.71. The molecule has 0 spiro atoms. The Morgan fingerprint density at radius 2 is 1.00 bits per heavy atom. The van der Waals surface area contributed by atoms with Gasteiger partial charge in [-0.2, -0.15) is 52.7 Å². The largest absolute Gasteiger partial charge is 0.416 e. The molecular formula is C28H28F12N4S2. The van der Waals surface area contributed by atoms with Crippen LogP contribution in [0.3, 0.4) is 0 Å². The summed E-state index contributed by atoms with van der Waals surface area (Å²) in [6.07, 6.45) is -18.8. The van der Waals surface area contributed by atoms with E-state index in [9.17, 15) is 52.7 Å². The molecule has 2 aromatic carbocycles. The Labute approximate surface area is 266 Å². The molecule has 0 aliphatic heterocycles. The first-order valence-corrected chi connectivity index (χ1v) is 14.2. The van der Waals surface area contributed by atoms with E-state index in [1.165, 1.54) is 0 Å². The molecule has 0 aromatic heterocycles. The van der Waals surface area contributed by atoms with E-state index >= 15 is 0 Å². The molecule has 46 heavy (non-hydrogen) atoms. The van der Waals surface area contributed by atoms with Gasteiger partial charge in [0, 0.05) is 24.0 Å². The highest BCUT2D eigenvalue weighted by Crippen LogP contribution is 2.46. The Kier molecular flexibility index (Phi) is 10.5. The minimum Gasteiger partial charge on any atom is -0.362 e. The van der Waals surface area contributed by atoms with Crippen LogP contribution in [0.4, 0.5) is 64.1 Å². The summed E-state index contributed by atoms with van der Waals surface area (Å²) in [6.45, 7) is 5.77. The molecular weight excluding hydrogens is 684 g/mol. The van der Waals surface area contributed by atoms with Gasteiger partial charge in [0.05, 0.1) is 22.3 Å². The quantitative estimate of drug-likeness (QED) is 0.183. The number of anilines is 2. The highest BCUT2D eigenvalue weighted by Gasteiger charge is 2.42.